The number of benzene rings is 1. The SMILES string of the molecule is O=C(Cc1cc(F)cc(F)c1)Cc1cncc(Br)c1. The number of pyridine rings is 1. The van der Waals surface area contributed by atoms with Gasteiger partial charge in [0.2, 0.25) is 0 Å². The molecule has 2 rings (SSSR count). The van der Waals surface area contributed by atoms with E-state index in [1.54, 1.807) is 18.5 Å². The van der Waals surface area contributed by atoms with Crippen LogP contribution in [-0.4, -0.2) is 10.8 Å². The van der Waals surface area contributed by atoms with Crippen LogP contribution in [0.1, 0.15) is 11.1 Å². The summed E-state index contributed by atoms with van der Waals surface area (Å²) >= 11 is 3.26. The van der Waals surface area contributed by atoms with Crippen molar-refractivity contribution in [2.45, 2.75) is 12.8 Å². The molecule has 0 N–H and O–H groups in total. The number of rotatable bonds is 4. The first-order valence-electron chi connectivity index (χ1n) is 5.59. The Bertz CT molecular complexity index is 596. The molecule has 5 heteroatoms. The Morgan fingerprint density at radius 1 is 1.00 bits per heavy atom. The minimum absolute atomic E-state index is 0.00118. The maximum absolute atomic E-state index is 13.0. The Hall–Kier alpha value is -1.62. The third-order valence-corrected chi connectivity index (χ3v) is 2.92. The second-order valence-corrected chi connectivity index (χ2v) is 5.10. The topological polar surface area (TPSA) is 30.0 Å². The van der Waals surface area contributed by atoms with Crippen LogP contribution in [0.2, 0.25) is 0 Å². The van der Waals surface area contributed by atoms with Crippen molar-refractivity contribution in [1.82, 2.24) is 4.98 Å². The highest BCUT2D eigenvalue weighted by Crippen LogP contribution is 2.13. The van der Waals surface area contributed by atoms with Crippen LogP contribution in [0.15, 0.2) is 41.1 Å². The van der Waals surface area contributed by atoms with E-state index in [0.29, 0.717) is 5.56 Å². The lowest BCUT2D eigenvalue weighted by atomic mass is 10.0. The number of hydrogen-bond acceptors (Lipinski definition) is 2. The Morgan fingerprint density at radius 3 is 2.26 bits per heavy atom. The van der Waals surface area contributed by atoms with Crippen LogP contribution in [0.5, 0.6) is 0 Å². The quantitative estimate of drug-likeness (QED) is 0.861. The van der Waals surface area contributed by atoms with Crippen LogP contribution in [0.3, 0.4) is 0 Å². The van der Waals surface area contributed by atoms with Crippen LogP contribution in [0, 0.1) is 11.6 Å². The fourth-order valence-electron chi connectivity index (χ4n) is 1.78. The molecule has 0 radical (unpaired) electrons. The third kappa shape index (κ3) is 4.21. The average Bonchev–Trinajstić information content (AvgIpc) is 2.26. The van der Waals surface area contributed by atoms with Gasteiger partial charge in [0.25, 0.3) is 0 Å². The molecule has 1 heterocycles. The van der Waals surface area contributed by atoms with Gasteiger partial charge in [0, 0.05) is 35.8 Å². The lowest BCUT2D eigenvalue weighted by molar-refractivity contribution is -0.117. The molecule has 0 bridgehead atoms. The Kier molecular flexibility index (Phi) is 4.37. The van der Waals surface area contributed by atoms with E-state index in [0.717, 1.165) is 16.1 Å². The van der Waals surface area contributed by atoms with E-state index in [-0.39, 0.29) is 18.6 Å². The van der Waals surface area contributed by atoms with Gasteiger partial charge in [0.1, 0.15) is 17.4 Å². The highest BCUT2D eigenvalue weighted by molar-refractivity contribution is 9.10. The molecule has 19 heavy (non-hydrogen) atoms. The third-order valence-electron chi connectivity index (χ3n) is 2.49. The van der Waals surface area contributed by atoms with Gasteiger partial charge in [-0.1, -0.05) is 0 Å². The summed E-state index contributed by atoms with van der Waals surface area (Å²) in [5.74, 6) is -1.47. The molecule has 0 aliphatic carbocycles. The fraction of sp³-hybridized carbons (Fsp3) is 0.143. The number of aromatic nitrogens is 1. The van der Waals surface area contributed by atoms with Crippen molar-refractivity contribution in [2.75, 3.05) is 0 Å². The molecular formula is C14H10BrF2NO. The summed E-state index contributed by atoms with van der Waals surface area (Å²) in [6.07, 6.45) is 3.40. The number of carbonyl (C=O) groups excluding carboxylic acids is 1. The molecule has 0 unspecified atom stereocenters. The molecule has 0 saturated carbocycles. The van der Waals surface area contributed by atoms with Gasteiger partial charge in [-0.15, -0.1) is 0 Å². The summed E-state index contributed by atoms with van der Waals surface area (Å²) in [6.45, 7) is 0. The Labute approximate surface area is 117 Å². The van der Waals surface area contributed by atoms with Gasteiger partial charge >= 0.3 is 0 Å². The number of nitrogens with zero attached hydrogens (tertiary/aromatic N) is 1. The minimum atomic E-state index is -0.674. The van der Waals surface area contributed by atoms with Crippen LogP contribution in [0.25, 0.3) is 0 Å². The first-order chi connectivity index (χ1) is 9.02. The van der Waals surface area contributed by atoms with Crippen molar-refractivity contribution in [1.29, 1.82) is 0 Å². The smallest absolute Gasteiger partial charge is 0.141 e. The molecular weight excluding hydrogens is 316 g/mol. The van der Waals surface area contributed by atoms with E-state index in [4.69, 9.17) is 0 Å². The summed E-state index contributed by atoms with van der Waals surface area (Å²) in [4.78, 5) is 15.8. The molecule has 1 aromatic carbocycles. The van der Waals surface area contributed by atoms with Crippen molar-refractivity contribution in [3.8, 4) is 0 Å². The number of halogens is 3. The van der Waals surface area contributed by atoms with Crippen LogP contribution >= 0.6 is 15.9 Å². The van der Waals surface area contributed by atoms with E-state index in [1.807, 2.05) is 0 Å². The minimum Gasteiger partial charge on any atom is -0.299 e. The van der Waals surface area contributed by atoms with Crippen molar-refractivity contribution < 1.29 is 13.6 Å². The zero-order valence-electron chi connectivity index (χ0n) is 9.87. The lowest BCUT2D eigenvalue weighted by Crippen LogP contribution is -2.07. The largest absolute Gasteiger partial charge is 0.299 e. The zero-order valence-corrected chi connectivity index (χ0v) is 11.5. The monoisotopic (exact) mass is 325 g/mol. The second-order valence-electron chi connectivity index (χ2n) is 4.18. The first kappa shape index (κ1) is 13.8. The van der Waals surface area contributed by atoms with E-state index in [2.05, 4.69) is 20.9 Å². The summed E-state index contributed by atoms with van der Waals surface area (Å²) in [5, 5.41) is 0. The molecule has 0 fully saturated rings. The van der Waals surface area contributed by atoms with Gasteiger partial charge in [0.05, 0.1) is 0 Å². The Morgan fingerprint density at radius 2 is 1.63 bits per heavy atom. The van der Waals surface area contributed by atoms with Crippen LogP contribution in [-0.2, 0) is 17.6 Å². The summed E-state index contributed by atoms with van der Waals surface area (Å²) < 4.78 is 26.8. The molecule has 0 atom stereocenters. The van der Waals surface area contributed by atoms with Crippen molar-refractivity contribution in [3.05, 3.63) is 63.9 Å². The first-order valence-corrected chi connectivity index (χ1v) is 6.38. The lowest BCUT2D eigenvalue weighted by Gasteiger charge is -2.03. The highest BCUT2D eigenvalue weighted by atomic mass is 79.9. The van der Waals surface area contributed by atoms with Gasteiger partial charge in [-0.05, 0) is 45.3 Å². The second kappa shape index (κ2) is 6.02. The zero-order chi connectivity index (χ0) is 13.8. The number of Topliss-reactive ketones (excluding diaryl/α,β-unsaturated/α-hetero) is 1. The standard InChI is InChI=1S/C14H10BrF2NO/c15-11-1-10(7-18-8-11)5-14(19)4-9-2-12(16)6-13(17)3-9/h1-3,6-8H,4-5H2. The number of hydrogen-bond donors (Lipinski definition) is 0. The van der Waals surface area contributed by atoms with Gasteiger partial charge in [-0.25, -0.2) is 8.78 Å². The van der Waals surface area contributed by atoms with Gasteiger partial charge in [0.15, 0.2) is 0 Å². The maximum Gasteiger partial charge on any atom is 0.141 e. The van der Waals surface area contributed by atoms with E-state index >= 15 is 0 Å². The summed E-state index contributed by atoms with van der Waals surface area (Å²) in [5.41, 5.74) is 1.10. The fourth-order valence-corrected chi connectivity index (χ4v) is 2.20. The number of carbonyl (C=O) groups is 1. The summed E-state index contributed by atoms with van der Waals surface area (Å²) in [7, 11) is 0. The van der Waals surface area contributed by atoms with Crippen molar-refractivity contribution in [3.63, 3.8) is 0 Å². The molecule has 0 spiro atoms. The molecule has 2 aromatic rings. The van der Waals surface area contributed by atoms with Crippen LogP contribution < -0.4 is 0 Å². The maximum atomic E-state index is 13.0. The molecule has 0 aliphatic heterocycles. The number of ketones is 1. The normalized spacial score (nSPS) is 10.5. The predicted molar refractivity (Wildman–Crippen MR) is 70.7 cm³/mol. The van der Waals surface area contributed by atoms with E-state index in [9.17, 15) is 13.6 Å². The molecule has 0 aliphatic rings. The van der Waals surface area contributed by atoms with Gasteiger partial charge < -0.3 is 0 Å². The molecule has 0 amide bonds. The highest BCUT2D eigenvalue weighted by Gasteiger charge is 2.08. The van der Waals surface area contributed by atoms with E-state index < -0.39 is 11.6 Å². The predicted octanol–water partition coefficient (Wildman–Crippen LogP) is 3.48. The Balaban J connectivity index is 2.05. The summed E-state index contributed by atoms with van der Waals surface area (Å²) in [6, 6.07) is 4.91. The molecule has 98 valence electrons. The molecule has 1 aromatic heterocycles. The molecule has 0 saturated heterocycles. The average molecular weight is 326 g/mol. The van der Waals surface area contributed by atoms with Crippen LogP contribution in [0.4, 0.5) is 8.78 Å². The van der Waals surface area contributed by atoms with Gasteiger partial charge in [-0.2, -0.15) is 0 Å². The molecule has 2 nitrogen and oxygen atoms in total. The van der Waals surface area contributed by atoms with Gasteiger partial charge in [-0.3, -0.25) is 9.78 Å². The van der Waals surface area contributed by atoms with Crippen molar-refractivity contribution in [2.24, 2.45) is 0 Å². The van der Waals surface area contributed by atoms with Crippen molar-refractivity contribution >= 4 is 21.7 Å². The van der Waals surface area contributed by atoms with E-state index in [1.165, 1.54) is 12.1 Å².